The van der Waals surface area contributed by atoms with Crippen molar-refractivity contribution in [2.24, 2.45) is 0 Å². The monoisotopic (exact) mass is 265 g/mol. The molecule has 0 aliphatic rings. The van der Waals surface area contributed by atoms with Crippen molar-refractivity contribution in [2.75, 3.05) is 10.6 Å². The van der Waals surface area contributed by atoms with Crippen LogP contribution in [-0.2, 0) is 0 Å². The fourth-order valence-corrected chi connectivity index (χ4v) is 1.80. The number of benzene rings is 2. The minimum absolute atomic E-state index is 0.302. The zero-order valence-corrected chi connectivity index (χ0v) is 11.4. The molecule has 2 amide bonds. The molecule has 0 heterocycles. The number of nitriles is 1. The summed E-state index contributed by atoms with van der Waals surface area (Å²) in [6, 6.07) is 14.2. The molecule has 0 saturated heterocycles. The van der Waals surface area contributed by atoms with Gasteiger partial charge in [0.15, 0.2) is 0 Å². The van der Waals surface area contributed by atoms with Gasteiger partial charge in [-0.1, -0.05) is 12.1 Å². The second-order valence-corrected chi connectivity index (χ2v) is 4.52. The van der Waals surface area contributed by atoms with E-state index in [1.165, 1.54) is 0 Å². The molecule has 4 nitrogen and oxygen atoms in total. The van der Waals surface area contributed by atoms with Gasteiger partial charge < -0.3 is 10.6 Å². The number of nitrogens with zero attached hydrogens (tertiary/aromatic N) is 1. The smallest absolute Gasteiger partial charge is 0.308 e. The summed E-state index contributed by atoms with van der Waals surface area (Å²) in [7, 11) is 0. The van der Waals surface area contributed by atoms with Gasteiger partial charge in [-0.15, -0.1) is 0 Å². The van der Waals surface area contributed by atoms with Crippen molar-refractivity contribution in [1.29, 1.82) is 5.26 Å². The van der Waals surface area contributed by atoms with Crippen molar-refractivity contribution < 1.29 is 4.79 Å². The van der Waals surface area contributed by atoms with Crippen molar-refractivity contribution >= 4 is 17.4 Å². The zero-order valence-electron chi connectivity index (χ0n) is 11.4. The Labute approximate surface area is 118 Å². The summed E-state index contributed by atoms with van der Waals surface area (Å²) in [5.41, 5.74) is 4.16. The van der Waals surface area contributed by atoms with Crippen LogP contribution in [0.4, 0.5) is 16.2 Å². The zero-order chi connectivity index (χ0) is 14.5. The Bertz CT molecular complexity index is 669. The van der Waals surface area contributed by atoms with Gasteiger partial charge in [0.1, 0.15) is 0 Å². The number of carbonyl (C=O) groups excluding carboxylic acids is 1. The van der Waals surface area contributed by atoms with E-state index in [1.807, 2.05) is 38.1 Å². The highest BCUT2D eigenvalue weighted by Crippen LogP contribution is 2.18. The molecule has 20 heavy (non-hydrogen) atoms. The van der Waals surface area contributed by atoms with Crippen molar-refractivity contribution in [2.45, 2.75) is 13.8 Å². The number of nitrogens with one attached hydrogen (secondary N) is 2. The molecular weight excluding hydrogens is 250 g/mol. The van der Waals surface area contributed by atoms with Crippen molar-refractivity contribution in [3.05, 3.63) is 59.2 Å². The van der Waals surface area contributed by atoms with Gasteiger partial charge in [-0.2, -0.15) is 5.26 Å². The number of hydrogen-bond donors (Lipinski definition) is 2. The number of urea groups is 1. The van der Waals surface area contributed by atoms with Crippen LogP contribution in [-0.4, -0.2) is 6.03 Å². The molecule has 0 aromatic heterocycles. The lowest BCUT2D eigenvalue weighted by Gasteiger charge is -2.11. The van der Waals surface area contributed by atoms with Crippen LogP contribution in [0.2, 0.25) is 0 Å². The topological polar surface area (TPSA) is 64.9 Å². The van der Waals surface area contributed by atoms with E-state index in [1.54, 1.807) is 24.3 Å². The molecular formula is C16H15N3O. The standard InChI is InChI=1S/C16H15N3O/c1-11-4-3-5-15(12(11)2)19-16(20)18-14-8-6-13(10-17)7-9-14/h3-9H,1-2H3,(H2,18,19,20). The average molecular weight is 265 g/mol. The first kappa shape index (κ1) is 13.6. The normalized spacial score (nSPS) is 9.65. The Balaban J connectivity index is 2.05. The van der Waals surface area contributed by atoms with E-state index in [0.29, 0.717) is 11.3 Å². The summed E-state index contributed by atoms with van der Waals surface area (Å²) < 4.78 is 0. The quantitative estimate of drug-likeness (QED) is 0.866. The molecule has 0 radical (unpaired) electrons. The van der Waals surface area contributed by atoms with Crippen LogP contribution in [0.15, 0.2) is 42.5 Å². The molecule has 0 aliphatic heterocycles. The summed E-state index contributed by atoms with van der Waals surface area (Å²) in [6.45, 7) is 3.96. The number of rotatable bonds is 2. The van der Waals surface area contributed by atoms with Crippen molar-refractivity contribution in [1.82, 2.24) is 0 Å². The molecule has 2 aromatic rings. The molecule has 0 bridgehead atoms. The summed E-state index contributed by atoms with van der Waals surface area (Å²) in [6.07, 6.45) is 0. The molecule has 0 atom stereocenters. The third-order valence-electron chi connectivity index (χ3n) is 3.12. The van der Waals surface area contributed by atoms with Gasteiger partial charge in [0, 0.05) is 11.4 Å². The van der Waals surface area contributed by atoms with Crippen LogP contribution >= 0.6 is 0 Å². The van der Waals surface area contributed by atoms with Gasteiger partial charge in [0.05, 0.1) is 11.6 Å². The second kappa shape index (κ2) is 5.89. The number of aryl methyl sites for hydroxylation is 1. The number of anilines is 2. The predicted octanol–water partition coefficient (Wildman–Crippen LogP) is 3.82. The van der Waals surface area contributed by atoms with Crippen LogP contribution < -0.4 is 10.6 Å². The first-order valence-electron chi connectivity index (χ1n) is 6.24. The largest absolute Gasteiger partial charge is 0.323 e. The van der Waals surface area contributed by atoms with Gasteiger partial charge in [-0.05, 0) is 55.3 Å². The maximum absolute atomic E-state index is 11.9. The molecule has 2 aromatic carbocycles. The van der Waals surface area contributed by atoms with Crippen LogP contribution in [0.25, 0.3) is 0 Å². The molecule has 2 N–H and O–H groups in total. The Kier molecular flexibility index (Phi) is 4.02. The van der Waals surface area contributed by atoms with Gasteiger partial charge >= 0.3 is 6.03 Å². The van der Waals surface area contributed by atoms with Gasteiger partial charge in [-0.3, -0.25) is 0 Å². The van der Waals surface area contributed by atoms with Crippen molar-refractivity contribution in [3.63, 3.8) is 0 Å². The molecule has 100 valence electrons. The summed E-state index contributed by atoms with van der Waals surface area (Å²) in [5, 5.41) is 14.3. The number of amides is 2. The lowest BCUT2D eigenvalue weighted by molar-refractivity contribution is 0.262. The average Bonchev–Trinajstić information content (AvgIpc) is 2.45. The minimum atomic E-state index is -0.302. The van der Waals surface area contributed by atoms with E-state index in [0.717, 1.165) is 16.8 Å². The van der Waals surface area contributed by atoms with Gasteiger partial charge in [0.2, 0.25) is 0 Å². The Morgan fingerprint density at radius 3 is 2.40 bits per heavy atom. The van der Waals surface area contributed by atoms with E-state index < -0.39 is 0 Å². The van der Waals surface area contributed by atoms with Gasteiger partial charge in [0.25, 0.3) is 0 Å². The molecule has 2 rings (SSSR count). The number of carbonyl (C=O) groups is 1. The second-order valence-electron chi connectivity index (χ2n) is 4.52. The Hall–Kier alpha value is -2.80. The highest BCUT2D eigenvalue weighted by Gasteiger charge is 2.06. The molecule has 0 aliphatic carbocycles. The van der Waals surface area contributed by atoms with E-state index in [2.05, 4.69) is 10.6 Å². The highest BCUT2D eigenvalue weighted by molar-refractivity contribution is 6.00. The lowest BCUT2D eigenvalue weighted by Crippen LogP contribution is -2.20. The maximum atomic E-state index is 11.9. The summed E-state index contributed by atoms with van der Waals surface area (Å²) >= 11 is 0. The van der Waals surface area contributed by atoms with E-state index in [9.17, 15) is 4.79 Å². The lowest BCUT2D eigenvalue weighted by atomic mass is 10.1. The van der Waals surface area contributed by atoms with Crippen LogP contribution in [0.5, 0.6) is 0 Å². The van der Waals surface area contributed by atoms with Crippen LogP contribution in [0.3, 0.4) is 0 Å². The SMILES string of the molecule is Cc1cccc(NC(=O)Nc2ccc(C#N)cc2)c1C. The first-order valence-corrected chi connectivity index (χ1v) is 6.24. The molecule has 0 spiro atoms. The van der Waals surface area contributed by atoms with E-state index >= 15 is 0 Å². The fraction of sp³-hybridized carbons (Fsp3) is 0.125. The third-order valence-corrected chi connectivity index (χ3v) is 3.12. The van der Waals surface area contributed by atoms with Gasteiger partial charge in [-0.25, -0.2) is 4.79 Å². The molecule has 0 saturated carbocycles. The summed E-state index contributed by atoms with van der Waals surface area (Å²) in [4.78, 5) is 11.9. The minimum Gasteiger partial charge on any atom is -0.308 e. The maximum Gasteiger partial charge on any atom is 0.323 e. The molecule has 4 heteroatoms. The van der Waals surface area contributed by atoms with Crippen molar-refractivity contribution in [3.8, 4) is 6.07 Å². The molecule has 0 fully saturated rings. The third kappa shape index (κ3) is 3.15. The van der Waals surface area contributed by atoms with E-state index in [4.69, 9.17) is 5.26 Å². The Morgan fingerprint density at radius 2 is 1.75 bits per heavy atom. The first-order chi connectivity index (χ1) is 9.60. The van der Waals surface area contributed by atoms with E-state index in [-0.39, 0.29) is 6.03 Å². The fourth-order valence-electron chi connectivity index (χ4n) is 1.80. The molecule has 0 unspecified atom stereocenters. The highest BCUT2D eigenvalue weighted by atomic mass is 16.2. The predicted molar refractivity (Wildman–Crippen MR) is 79.7 cm³/mol. The summed E-state index contributed by atoms with van der Waals surface area (Å²) in [5.74, 6) is 0. The number of hydrogen-bond acceptors (Lipinski definition) is 2. The van der Waals surface area contributed by atoms with Crippen LogP contribution in [0.1, 0.15) is 16.7 Å². The Morgan fingerprint density at radius 1 is 1.05 bits per heavy atom. The van der Waals surface area contributed by atoms with Crippen LogP contribution in [0, 0.1) is 25.2 Å².